The van der Waals surface area contributed by atoms with Crippen molar-refractivity contribution in [2.75, 3.05) is 5.32 Å². The van der Waals surface area contributed by atoms with Gasteiger partial charge >= 0.3 is 6.18 Å². The molecule has 0 fully saturated rings. The topological polar surface area (TPSA) is 57.8 Å². The largest absolute Gasteiger partial charge is 0.416 e. The number of amides is 1. The minimum atomic E-state index is -4.48. The molecule has 2 aromatic heterocycles. The Labute approximate surface area is 164 Å². The lowest BCUT2D eigenvalue weighted by Crippen LogP contribution is -2.14. The summed E-state index contributed by atoms with van der Waals surface area (Å²) in [5.74, 6) is -0.487. The lowest BCUT2D eigenvalue weighted by atomic mass is 10.0. The lowest BCUT2D eigenvalue weighted by molar-refractivity contribution is -0.138. The van der Waals surface area contributed by atoms with Gasteiger partial charge in [-0.3, -0.25) is 4.79 Å². The van der Waals surface area contributed by atoms with Crippen molar-refractivity contribution in [2.45, 2.75) is 13.1 Å². The zero-order valence-corrected chi connectivity index (χ0v) is 15.3. The monoisotopic (exact) mass is 395 g/mol. The van der Waals surface area contributed by atoms with E-state index in [-0.39, 0.29) is 11.3 Å². The Bertz CT molecular complexity index is 1210. The van der Waals surface area contributed by atoms with Crippen LogP contribution in [-0.2, 0) is 6.18 Å². The molecule has 0 atom stereocenters. The summed E-state index contributed by atoms with van der Waals surface area (Å²) in [5.41, 5.74) is 2.15. The normalized spacial score (nSPS) is 11.6. The summed E-state index contributed by atoms with van der Waals surface area (Å²) in [4.78, 5) is 20.0. The Balaban J connectivity index is 1.61. The van der Waals surface area contributed by atoms with Crippen LogP contribution in [0.1, 0.15) is 21.5 Å². The SMILES string of the molecule is Cc1ccc(NC(=O)c2cccc(-c3cnc4[nH]ccc4c3)c2)cc1C(F)(F)F. The van der Waals surface area contributed by atoms with Crippen LogP contribution in [0.2, 0.25) is 0 Å². The average Bonchev–Trinajstić information content (AvgIpc) is 3.16. The molecular weight excluding hydrogens is 379 g/mol. The molecule has 0 bridgehead atoms. The van der Waals surface area contributed by atoms with Crippen LogP contribution in [0.15, 0.2) is 67.0 Å². The minimum absolute atomic E-state index is 0.0914. The van der Waals surface area contributed by atoms with E-state index < -0.39 is 17.6 Å². The molecule has 29 heavy (non-hydrogen) atoms. The summed E-state index contributed by atoms with van der Waals surface area (Å²) in [5, 5.41) is 3.48. The van der Waals surface area contributed by atoms with Crippen molar-refractivity contribution in [1.29, 1.82) is 0 Å². The molecule has 2 N–H and O–H groups in total. The molecular formula is C22H16F3N3O. The van der Waals surface area contributed by atoms with Crippen LogP contribution in [0.25, 0.3) is 22.2 Å². The summed E-state index contributed by atoms with van der Waals surface area (Å²) in [7, 11) is 0. The molecule has 4 nitrogen and oxygen atoms in total. The van der Waals surface area contributed by atoms with Crippen LogP contribution >= 0.6 is 0 Å². The third kappa shape index (κ3) is 3.85. The van der Waals surface area contributed by atoms with E-state index in [1.807, 2.05) is 18.2 Å². The molecule has 1 amide bonds. The molecule has 146 valence electrons. The number of aromatic amines is 1. The Morgan fingerprint density at radius 1 is 1.03 bits per heavy atom. The Kier molecular flexibility index (Phi) is 4.58. The molecule has 0 radical (unpaired) electrons. The number of carbonyl (C=O) groups excluding carboxylic acids is 1. The van der Waals surface area contributed by atoms with Gasteiger partial charge in [0.25, 0.3) is 5.91 Å². The van der Waals surface area contributed by atoms with Gasteiger partial charge in [-0.1, -0.05) is 18.2 Å². The molecule has 0 aliphatic carbocycles. The number of benzene rings is 2. The fourth-order valence-electron chi connectivity index (χ4n) is 3.15. The van der Waals surface area contributed by atoms with Crippen LogP contribution in [0.3, 0.4) is 0 Å². The molecule has 4 rings (SSSR count). The van der Waals surface area contributed by atoms with Crippen molar-refractivity contribution < 1.29 is 18.0 Å². The van der Waals surface area contributed by atoms with Crippen molar-refractivity contribution >= 4 is 22.6 Å². The fraction of sp³-hybridized carbons (Fsp3) is 0.0909. The zero-order valence-electron chi connectivity index (χ0n) is 15.3. The predicted octanol–water partition coefficient (Wildman–Crippen LogP) is 5.81. The summed E-state index contributed by atoms with van der Waals surface area (Å²) in [6.45, 7) is 1.38. The highest BCUT2D eigenvalue weighted by atomic mass is 19.4. The number of halogens is 3. The van der Waals surface area contributed by atoms with E-state index in [4.69, 9.17) is 0 Å². The number of alkyl halides is 3. The number of aromatic nitrogens is 2. The van der Waals surface area contributed by atoms with Gasteiger partial charge in [-0.2, -0.15) is 13.2 Å². The van der Waals surface area contributed by atoms with Crippen LogP contribution in [0, 0.1) is 6.92 Å². The van der Waals surface area contributed by atoms with E-state index in [9.17, 15) is 18.0 Å². The van der Waals surface area contributed by atoms with E-state index in [1.165, 1.54) is 19.1 Å². The first-order valence-electron chi connectivity index (χ1n) is 8.84. The molecule has 0 unspecified atom stereocenters. The number of rotatable bonds is 3. The molecule has 0 saturated carbocycles. The maximum Gasteiger partial charge on any atom is 0.416 e. The van der Waals surface area contributed by atoms with Crippen molar-refractivity contribution in [3.8, 4) is 11.1 Å². The second kappa shape index (κ2) is 7.09. The highest BCUT2D eigenvalue weighted by molar-refractivity contribution is 6.05. The molecule has 0 aliphatic rings. The number of nitrogens with zero attached hydrogens (tertiary/aromatic N) is 1. The second-order valence-electron chi connectivity index (χ2n) is 6.70. The molecule has 2 aromatic carbocycles. The first-order chi connectivity index (χ1) is 13.8. The first-order valence-corrected chi connectivity index (χ1v) is 8.84. The number of H-pyrrole nitrogens is 1. The summed E-state index contributed by atoms with van der Waals surface area (Å²) < 4.78 is 39.3. The van der Waals surface area contributed by atoms with E-state index in [1.54, 1.807) is 30.6 Å². The van der Waals surface area contributed by atoms with Gasteiger partial charge in [0, 0.05) is 34.6 Å². The number of fused-ring (bicyclic) bond motifs is 1. The number of anilines is 1. The molecule has 2 heterocycles. The van der Waals surface area contributed by atoms with E-state index in [0.29, 0.717) is 5.56 Å². The fourth-order valence-corrected chi connectivity index (χ4v) is 3.15. The number of nitrogens with one attached hydrogen (secondary N) is 2. The van der Waals surface area contributed by atoms with Gasteiger partial charge in [-0.15, -0.1) is 0 Å². The highest BCUT2D eigenvalue weighted by Gasteiger charge is 2.32. The van der Waals surface area contributed by atoms with Crippen LogP contribution < -0.4 is 5.32 Å². The zero-order chi connectivity index (χ0) is 20.6. The predicted molar refractivity (Wildman–Crippen MR) is 106 cm³/mol. The third-order valence-electron chi connectivity index (χ3n) is 4.66. The average molecular weight is 395 g/mol. The Hall–Kier alpha value is -3.61. The van der Waals surface area contributed by atoms with Crippen molar-refractivity contribution in [3.63, 3.8) is 0 Å². The van der Waals surface area contributed by atoms with Gasteiger partial charge in [0.05, 0.1) is 5.56 Å². The third-order valence-corrected chi connectivity index (χ3v) is 4.66. The standard InChI is InChI=1S/C22H16F3N3O/c1-13-5-6-18(11-19(13)22(23,24)25)28-21(29)16-4-2-3-14(9-16)17-10-15-7-8-26-20(15)27-12-17/h2-12H,1H3,(H,26,27)(H,28,29). The summed E-state index contributed by atoms with van der Waals surface area (Å²) in [6, 6.07) is 14.5. The lowest BCUT2D eigenvalue weighted by Gasteiger charge is -2.13. The van der Waals surface area contributed by atoms with Gasteiger partial charge in [0.2, 0.25) is 0 Å². The maximum absolute atomic E-state index is 13.1. The summed E-state index contributed by atoms with van der Waals surface area (Å²) >= 11 is 0. The summed E-state index contributed by atoms with van der Waals surface area (Å²) in [6.07, 6.45) is -0.984. The van der Waals surface area contributed by atoms with Crippen LogP contribution in [0.5, 0.6) is 0 Å². The van der Waals surface area contributed by atoms with Gasteiger partial charge in [0.15, 0.2) is 0 Å². The van der Waals surface area contributed by atoms with Crippen molar-refractivity contribution in [2.24, 2.45) is 0 Å². The number of pyridine rings is 1. The minimum Gasteiger partial charge on any atom is -0.346 e. The molecule has 0 spiro atoms. The van der Waals surface area contributed by atoms with Crippen LogP contribution in [-0.4, -0.2) is 15.9 Å². The number of aryl methyl sites for hydroxylation is 1. The first kappa shape index (κ1) is 18.7. The van der Waals surface area contributed by atoms with Gasteiger partial charge in [-0.05, 0) is 54.4 Å². The van der Waals surface area contributed by atoms with Crippen LogP contribution in [0.4, 0.5) is 18.9 Å². The van der Waals surface area contributed by atoms with E-state index in [0.717, 1.165) is 28.2 Å². The van der Waals surface area contributed by atoms with Gasteiger partial charge < -0.3 is 10.3 Å². The number of carbonyl (C=O) groups is 1. The van der Waals surface area contributed by atoms with Gasteiger partial charge in [0.1, 0.15) is 5.65 Å². The van der Waals surface area contributed by atoms with E-state index >= 15 is 0 Å². The number of hydrogen-bond donors (Lipinski definition) is 2. The second-order valence-corrected chi connectivity index (χ2v) is 6.70. The molecule has 0 aliphatic heterocycles. The Morgan fingerprint density at radius 3 is 2.66 bits per heavy atom. The highest BCUT2D eigenvalue weighted by Crippen LogP contribution is 2.33. The molecule has 0 saturated heterocycles. The van der Waals surface area contributed by atoms with E-state index in [2.05, 4.69) is 15.3 Å². The smallest absolute Gasteiger partial charge is 0.346 e. The Morgan fingerprint density at radius 2 is 1.86 bits per heavy atom. The molecule has 4 aromatic rings. The number of hydrogen-bond acceptors (Lipinski definition) is 2. The maximum atomic E-state index is 13.1. The molecule has 7 heteroatoms. The van der Waals surface area contributed by atoms with Crippen molar-refractivity contribution in [1.82, 2.24) is 9.97 Å². The van der Waals surface area contributed by atoms with Gasteiger partial charge in [-0.25, -0.2) is 4.98 Å². The quantitative estimate of drug-likeness (QED) is 0.460. The van der Waals surface area contributed by atoms with Crippen molar-refractivity contribution in [3.05, 3.63) is 83.7 Å².